The topological polar surface area (TPSA) is 110 Å². The Morgan fingerprint density at radius 3 is 1.45 bits per heavy atom. The van der Waals surface area contributed by atoms with Crippen molar-refractivity contribution in [1.29, 1.82) is 0 Å². The van der Waals surface area contributed by atoms with E-state index < -0.39 is 0 Å². The lowest BCUT2D eigenvalue weighted by Crippen LogP contribution is -2.23. The standard InChI is InChI=1S/C36H40N4O2/c1-5-23-15-21(19-37)16-24(6-2)32(23)39-30-14-13-29-31(36(42)28-12-10-9-11-27(28)35(29)41)34(30)40-33-25(7-3)17-22(20-38)18-26(33)8-4/h9-18,39-40H,5-8,19-20,37-38H2,1-4H3. The Labute approximate surface area is 248 Å². The van der Waals surface area contributed by atoms with Gasteiger partial charge in [0.1, 0.15) is 0 Å². The second-order valence-corrected chi connectivity index (χ2v) is 10.8. The van der Waals surface area contributed by atoms with Crippen molar-refractivity contribution in [3.8, 4) is 0 Å². The molecule has 0 saturated heterocycles. The van der Waals surface area contributed by atoms with E-state index in [1.807, 2.05) is 6.07 Å². The zero-order valence-corrected chi connectivity index (χ0v) is 25.0. The van der Waals surface area contributed by atoms with Crippen LogP contribution in [0.5, 0.6) is 0 Å². The Hall–Kier alpha value is -4.26. The fourth-order valence-corrected chi connectivity index (χ4v) is 6.03. The molecule has 0 bridgehead atoms. The molecule has 6 heteroatoms. The second kappa shape index (κ2) is 12.3. The Morgan fingerprint density at radius 2 is 1.00 bits per heavy atom. The molecule has 0 aromatic heterocycles. The average molecular weight is 561 g/mol. The highest BCUT2D eigenvalue weighted by Gasteiger charge is 2.33. The number of anilines is 4. The van der Waals surface area contributed by atoms with Gasteiger partial charge in [0, 0.05) is 41.2 Å². The first-order chi connectivity index (χ1) is 20.4. The van der Waals surface area contributed by atoms with E-state index in [-0.39, 0.29) is 11.6 Å². The van der Waals surface area contributed by atoms with E-state index in [0.717, 1.165) is 76.1 Å². The predicted octanol–water partition coefficient (Wildman–Crippen LogP) is 7.12. The maximum absolute atomic E-state index is 14.2. The summed E-state index contributed by atoms with van der Waals surface area (Å²) in [5, 5.41) is 7.40. The summed E-state index contributed by atoms with van der Waals surface area (Å²) >= 11 is 0. The molecule has 0 atom stereocenters. The zero-order chi connectivity index (χ0) is 30.0. The van der Waals surface area contributed by atoms with E-state index in [9.17, 15) is 9.59 Å². The largest absolute Gasteiger partial charge is 0.353 e. The minimum atomic E-state index is -0.161. The number of hydrogen-bond donors (Lipinski definition) is 4. The van der Waals surface area contributed by atoms with Crippen LogP contribution >= 0.6 is 0 Å². The van der Waals surface area contributed by atoms with Crippen LogP contribution in [0, 0.1) is 0 Å². The maximum Gasteiger partial charge on any atom is 0.196 e. The van der Waals surface area contributed by atoms with Gasteiger partial charge in [-0.05, 0) is 71.2 Å². The molecule has 42 heavy (non-hydrogen) atoms. The summed E-state index contributed by atoms with van der Waals surface area (Å²) in [5.74, 6) is -0.304. The Balaban J connectivity index is 1.76. The molecule has 0 spiro atoms. The first-order valence-electron chi connectivity index (χ1n) is 15.0. The van der Waals surface area contributed by atoms with E-state index in [1.165, 1.54) is 0 Å². The van der Waals surface area contributed by atoms with Crippen LogP contribution in [-0.4, -0.2) is 11.6 Å². The summed E-state index contributed by atoms with van der Waals surface area (Å²) in [5.41, 5.74) is 23.8. The molecule has 4 aromatic rings. The van der Waals surface area contributed by atoms with Gasteiger partial charge in [-0.15, -0.1) is 0 Å². The highest BCUT2D eigenvalue weighted by Crippen LogP contribution is 2.42. The Morgan fingerprint density at radius 1 is 0.548 bits per heavy atom. The van der Waals surface area contributed by atoms with Gasteiger partial charge in [0.05, 0.1) is 16.9 Å². The summed E-state index contributed by atoms with van der Waals surface area (Å²) in [7, 11) is 0. The average Bonchev–Trinajstić information content (AvgIpc) is 3.03. The molecule has 6 N–H and O–H groups in total. The van der Waals surface area contributed by atoms with Crippen molar-refractivity contribution >= 4 is 34.3 Å². The molecule has 0 radical (unpaired) electrons. The molecule has 1 aliphatic carbocycles. The number of fused-ring (bicyclic) bond motifs is 2. The van der Waals surface area contributed by atoms with Gasteiger partial charge in [0.15, 0.2) is 11.6 Å². The summed E-state index contributed by atoms with van der Waals surface area (Å²) in [6.07, 6.45) is 3.22. The van der Waals surface area contributed by atoms with Crippen LogP contribution in [-0.2, 0) is 38.8 Å². The van der Waals surface area contributed by atoms with Gasteiger partial charge in [-0.25, -0.2) is 0 Å². The molecule has 0 fully saturated rings. The van der Waals surface area contributed by atoms with Crippen LogP contribution < -0.4 is 22.1 Å². The van der Waals surface area contributed by atoms with E-state index in [4.69, 9.17) is 11.5 Å². The van der Waals surface area contributed by atoms with Gasteiger partial charge in [0.25, 0.3) is 0 Å². The lowest BCUT2D eigenvalue weighted by molar-refractivity contribution is 0.0980. The number of nitrogens with two attached hydrogens (primary N) is 2. The van der Waals surface area contributed by atoms with Gasteiger partial charge in [-0.2, -0.15) is 0 Å². The zero-order valence-electron chi connectivity index (χ0n) is 25.0. The van der Waals surface area contributed by atoms with E-state index in [0.29, 0.717) is 41.0 Å². The van der Waals surface area contributed by atoms with Crippen molar-refractivity contribution in [3.63, 3.8) is 0 Å². The fraction of sp³-hybridized carbons (Fsp3) is 0.278. The second-order valence-electron chi connectivity index (χ2n) is 10.8. The van der Waals surface area contributed by atoms with Crippen molar-refractivity contribution in [1.82, 2.24) is 0 Å². The number of aryl methyl sites for hydroxylation is 4. The molecule has 6 nitrogen and oxygen atoms in total. The van der Waals surface area contributed by atoms with Gasteiger partial charge >= 0.3 is 0 Å². The van der Waals surface area contributed by atoms with Gasteiger partial charge in [-0.3, -0.25) is 9.59 Å². The molecule has 216 valence electrons. The number of carbonyl (C=O) groups excluding carboxylic acids is 2. The van der Waals surface area contributed by atoms with Crippen molar-refractivity contribution in [2.24, 2.45) is 11.5 Å². The highest BCUT2D eigenvalue weighted by atomic mass is 16.1. The third-order valence-corrected chi connectivity index (χ3v) is 8.32. The molecule has 0 saturated carbocycles. The molecule has 4 aromatic carbocycles. The van der Waals surface area contributed by atoms with Gasteiger partial charge < -0.3 is 22.1 Å². The SMILES string of the molecule is CCc1cc(CN)cc(CC)c1Nc1ccc2c(c1Nc1c(CC)cc(CN)cc1CC)C(=O)c1ccccc1C2=O. The van der Waals surface area contributed by atoms with Crippen molar-refractivity contribution in [2.45, 2.75) is 66.5 Å². The van der Waals surface area contributed by atoms with Crippen LogP contribution in [0.4, 0.5) is 22.7 Å². The molecule has 1 aliphatic rings. The van der Waals surface area contributed by atoms with Crippen LogP contribution in [0.25, 0.3) is 0 Å². The number of benzene rings is 4. The minimum Gasteiger partial charge on any atom is -0.353 e. The molecule has 5 rings (SSSR count). The number of ketones is 2. The lowest BCUT2D eigenvalue weighted by Gasteiger charge is -2.27. The van der Waals surface area contributed by atoms with Crippen LogP contribution in [0.1, 0.15) is 92.9 Å². The minimum absolute atomic E-state index is 0.143. The van der Waals surface area contributed by atoms with Crippen molar-refractivity contribution in [3.05, 3.63) is 116 Å². The number of nitrogens with one attached hydrogen (secondary N) is 2. The molecule has 0 amide bonds. The molecule has 0 unspecified atom stereocenters. The molecular weight excluding hydrogens is 520 g/mol. The summed E-state index contributed by atoms with van der Waals surface area (Å²) < 4.78 is 0. The van der Waals surface area contributed by atoms with Crippen molar-refractivity contribution < 1.29 is 9.59 Å². The van der Waals surface area contributed by atoms with E-state index in [2.05, 4.69) is 62.6 Å². The summed E-state index contributed by atoms with van der Waals surface area (Å²) in [6, 6.07) is 19.3. The molecule has 0 heterocycles. The first kappa shape index (κ1) is 29.2. The lowest BCUT2D eigenvalue weighted by atomic mass is 9.82. The third kappa shape index (κ3) is 5.13. The first-order valence-corrected chi connectivity index (χ1v) is 15.0. The fourth-order valence-electron chi connectivity index (χ4n) is 6.03. The number of rotatable bonds is 10. The Kier molecular flexibility index (Phi) is 8.57. The third-order valence-electron chi connectivity index (χ3n) is 8.32. The van der Waals surface area contributed by atoms with E-state index in [1.54, 1.807) is 30.3 Å². The van der Waals surface area contributed by atoms with Crippen LogP contribution in [0.2, 0.25) is 0 Å². The number of hydrogen-bond acceptors (Lipinski definition) is 6. The normalized spacial score (nSPS) is 12.2. The smallest absolute Gasteiger partial charge is 0.196 e. The predicted molar refractivity (Wildman–Crippen MR) is 172 cm³/mol. The van der Waals surface area contributed by atoms with E-state index >= 15 is 0 Å². The quantitative estimate of drug-likeness (QED) is 0.145. The van der Waals surface area contributed by atoms with Crippen LogP contribution in [0.3, 0.4) is 0 Å². The Bertz CT molecular complexity index is 1640. The number of carbonyl (C=O) groups is 2. The van der Waals surface area contributed by atoms with Crippen LogP contribution in [0.15, 0.2) is 60.7 Å². The summed E-state index contributed by atoms with van der Waals surface area (Å²) in [6.45, 7) is 9.42. The maximum atomic E-state index is 14.2. The monoisotopic (exact) mass is 560 g/mol. The highest BCUT2D eigenvalue weighted by molar-refractivity contribution is 6.31. The molecule has 0 aliphatic heterocycles. The molecular formula is C36H40N4O2. The van der Waals surface area contributed by atoms with Crippen molar-refractivity contribution in [2.75, 3.05) is 10.6 Å². The van der Waals surface area contributed by atoms with Gasteiger partial charge in [0.2, 0.25) is 0 Å². The summed E-state index contributed by atoms with van der Waals surface area (Å²) in [4.78, 5) is 27.9. The van der Waals surface area contributed by atoms with Gasteiger partial charge in [-0.1, -0.05) is 76.2 Å².